The van der Waals surface area contributed by atoms with Crippen LogP contribution in [0.4, 0.5) is 13.2 Å². The first kappa shape index (κ1) is 28.0. The Morgan fingerprint density at radius 2 is 1.79 bits per heavy atom. The van der Waals surface area contributed by atoms with Gasteiger partial charge in [0, 0.05) is 28.1 Å². The average Bonchev–Trinajstić information content (AvgIpc) is 3.50. The van der Waals surface area contributed by atoms with Crippen molar-refractivity contribution in [3.63, 3.8) is 0 Å². The van der Waals surface area contributed by atoms with Crippen LogP contribution >= 0.6 is 11.6 Å². The molecule has 0 amide bonds. The fourth-order valence-corrected chi connectivity index (χ4v) is 5.41. The Bertz CT molecular complexity index is 1630. The molecule has 2 saturated heterocycles. The van der Waals surface area contributed by atoms with Crippen molar-refractivity contribution >= 4 is 23.0 Å². The van der Waals surface area contributed by atoms with Gasteiger partial charge in [0.1, 0.15) is 29.7 Å². The number of hydrogen-bond acceptors (Lipinski definition) is 8. The van der Waals surface area contributed by atoms with Crippen molar-refractivity contribution in [3.8, 4) is 11.3 Å². The highest BCUT2D eigenvalue weighted by atomic mass is 35.5. The van der Waals surface area contributed by atoms with E-state index < -0.39 is 48.1 Å². The van der Waals surface area contributed by atoms with Crippen LogP contribution in [-0.2, 0) is 14.2 Å². The summed E-state index contributed by atoms with van der Waals surface area (Å²) in [5.41, 5.74) is 1.64. The number of hydrazone groups is 1. The van der Waals surface area contributed by atoms with Gasteiger partial charge in [-0.3, -0.25) is 5.41 Å². The third-order valence-electron chi connectivity index (χ3n) is 7.25. The normalized spacial score (nSPS) is 24.3. The number of aromatic nitrogens is 3. The molecule has 2 aliphatic rings. The number of halogens is 4. The lowest BCUT2D eigenvalue weighted by molar-refractivity contribution is -0.294. The number of benzene rings is 3. The van der Waals surface area contributed by atoms with Gasteiger partial charge in [0.15, 0.2) is 23.7 Å². The molecule has 5 atom stereocenters. The molecule has 2 aliphatic heterocycles. The number of hydrogen-bond donors (Lipinski definition) is 2. The Hall–Kier alpha value is -4.10. The van der Waals surface area contributed by atoms with E-state index >= 15 is 0 Å². The average molecular weight is 597 g/mol. The maximum absolute atomic E-state index is 14.0. The predicted octanol–water partition coefficient (Wildman–Crippen LogP) is 5.21. The number of nitrogens with two attached hydrogens (primary N) is 1. The van der Waals surface area contributed by atoms with Crippen LogP contribution in [0.25, 0.3) is 11.3 Å². The summed E-state index contributed by atoms with van der Waals surface area (Å²) in [6.45, 7) is 0.148. The summed E-state index contributed by atoms with van der Waals surface area (Å²) >= 11 is 6.14. The van der Waals surface area contributed by atoms with E-state index in [0.717, 1.165) is 17.7 Å². The van der Waals surface area contributed by atoms with E-state index in [2.05, 4.69) is 15.4 Å². The van der Waals surface area contributed by atoms with Gasteiger partial charge >= 0.3 is 0 Å². The second-order valence-corrected chi connectivity index (χ2v) is 10.3. The number of rotatable bonds is 6. The molecule has 3 aromatic carbocycles. The molecule has 42 heavy (non-hydrogen) atoms. The minimum atomic E-state index is -1.57. The Morgan fingerprint density at radius 3 is 2.50 bits per heavy atom. The Kier molecular flexibility index (Phi) is 7.78. The zero-order valence-electron chi connectivity index (χ0n) is 21.8. The lowest BCUT2D eigenvalue weighted by Gasteiger charge is -2.46. The molecule has 1 aromatic heterocycles. The molecular weight excluding hydrogens is 573 g/mol. The minimum absolute atomic E-state index is 0.0137. The van der Waals surface area contributed by atoms with E-state index in [1.54, 1.807) is 24.3 Å². The molecule has 0 radical (unpaired) electrons. The highest BCUT2D eigenvalue weighted by Crippen LogP contribution is 2.40. The number of ether oxygens (including phenoxy) is 3. The summed E-state index contributed by atoms with van der Waals surface area (Å²) in [6.07, 6.45) is -0.987. The zero-order valence-corrected chi connectivity index (χ0v) is 22.6. The van der Waals surface area contributed by atoms with Gasteiger partial charge in [-0.05, 0) is 24.3 Å². The predicted molar refractivity (Wildman–Crippen MR) is 148 cm³/mol. The first-order valence-corrected chi connectivity index (χ1v) is 13.4. The van der Waals surface area contributed by atoms with E-state index in [0.29, 0.717) is 10.6 Å². The molecule has 0 saturated carbocycles. The Labute approximate surface area is 243 Å². The SMILES string of the molecule is N=C(C(=NN)C1CC(n2cc(-c3cc(F)c(F)c(F)c3)nn2)C2OC(c3ccccc3)OCC2O1)c1cccc(Cl)c1. The van der Waals surface area contributed by atoms with Crippen molar-refractivity contribution in [2.45, 2.75) is 37.1 Å². The molecule has 13 heteroatoms. The van der Waals surface area contributed by atoms with Gasteiger partial charge in [-0.2, -0.15) is 5.10 Å². The van der Waals surface area contributed by atoms with E-state index in [1.807, 2.05) is 30.3 Å². The van der Waals surface area contributed by atoms with Crippen molar-refractivity contribution in [2.24, 2.45) is 10.9 Å². The topological polar surface area (TPSA) is 121 Å². The van der Waals surface area contributed by atoms with Crippen molar-refractivity contribution < 1.29 is 27.4 Å². The molecule has 9 nitrogen and oxygen atoms in total. The molecule has 2 fully saturated rings. The summed E-state index contributed by atoms with van der Waals surface area (Å²) < 4.78 is 61.7. The number of nitrogens with zero attached hydrogens (tertiary/aromatic N) is 4. The monoisotopic (exact) mass is 596 g/mol. The Balaban J connectivity index is 1.34. The molecule has 4 aromatic rings. The van der Waals surface area contributed by atoms with E-state index in [9.17, 15) is 13.2 Å². The minimum Gasteiger partial charge on any atom is -0.363 e. The summed E-state index contributed by atoms with van der Waals surface area (Å²) in [5, 5.41) is 21.5. The highest BCUT2D eigenvalue weighted by Gasteiger charge is 2.47. The van der Waals surface area contributed by atoms with E-state index in [-0.39, 0.29) is 35.7 Å². The van der Waals surface area contributed by atoms with Crippen LogP contribution in [0.1, 0.15) is 29.9 Å². The quantitative estimate of drug-likeness (QED) is 0.136. The van der Waals surface area contributed by atoms with Crippen molar-refractivity contribution in [3.05, 3.63) is 107 Å². The summed E-state index contributed by atoms with van der Waals surface area (Å²) in [5.74, 6) is 1.54. The van der Waals surface area contributed by atoms with Gasteiger partial charge in [-0.25, -0.2) is 17.9 Å². The van der Waals surface area contributed by atoms with Crippen LogP contribution in [0.2, 0.25) is 5.02 Å². The molecule has 3 N–H and O–H groups in total. The van der Waals surface area contributed by atoms with E-state index in [1.165, 1.54) is 10.9 Å². The summed E-state index contributed by atoms with van der Waals surface area (Å²) in [4.78, 5) is 0. The van der Waals surface area contributed by atoms with Crippen molar-refractivity contribution in [1.82, 2.24) is 15.0 Å². The van der Waals surface area contributed by atoms with Crippen molar-refractivity contribution in [2.75, 3.05) is 6.61 Å². The fourth-order valence-electron chi connectivity index (χ4n) is 5.22. The smallest absolute Gasteiger partial charge is 0.194 e. The molecule has 3 heterocycles. The molecule has 6 rings (SSSR count). The summed E-state index contributed by atoms with van der Waals surface area (Å²) in [6, 6.07) is 17.3. The molecular formula is C29H24ClF3N6O3. The van der Waals surface area contributed by atoms with Gasteiger partial charge in [0.2, 0.25) is 0 Å². The number of nitrogens with one attached hydrogen (secondary N) is 1. The van der Waals surface area contributed by atoms with Crippen LogP contribution in [-0.4, -0.2) is 51.3 Å². The maximum Gasteiger partial charge on any atom is 0.194 e. The number of fused-ring (bicyclic) bond motifs is 1. The summed E-state index contributed by atoms with van der Waals surface area (Å²) in [7, 11) is 0. The van der Waals surface area contributed by atoms with Crippen molar-refractivity contribution in [1.29, 1.82) is 5.41 Å². The first-order chi connectivity index (χ1) is 20.3. The van der Waals surface area contributed by atoms with Crippen LogP contribution < -0.4 is 5.84 Å². The van der Waals surface area contributed by atoms with Crippen LogP contribution in [0.5, 0.6) is 0 Å². The van der Waals surface area contributed by atoms with Gasteiger partial charge in [0.25, 0.3) is 0 Å². The third-order valence-corrected chi connectivity index (χ3v) is 7.48. The van der Waals surface area contributed by atoms with Crippen LogP contribution in [0.3, 0.4) is 0 Å². The largest absolute Gasteiger partial charge is 0.363 e. The molecule has 5 unspecified atom stereocenters. The zero-order chi connectivity index (χ0) is 29.4. The van der Waals surface area contributed by atoms with Gasteiger partial charge in [-0.15, -0.1) is 5.10 Å². The second kappa shape index (κ2) is 11.6. The third kappa shape index (κ3) is 5.41. The molecule has 0 bridgehead atoms. The standard InChI is InChI=1S/C29H24ClF3N6O3/c30-18-8-4-7-16(9-18)26(34)27(36-35)23-12-22(28-24(41-23)14-40-29(42-28)15-5-2-1-3-6-15)39-13-21(37-38-39)17-10-19(31)25(33)20(32)11-17/h1-11,13,22-24,28-29,34H,12,14,35H2. The lowest BCUT2D eigenvalue weighted by atomic mass is 9.90. The second-order valence-electron chi connectivity index (χ2n) is 9.88. The first-order valence-electron chi connectivity index (χ1n) is 13.0. The lowest BCUT2D eigenvalue weighted by Crippen LogP contribution is -2.55. The van der Waals surface area contributed by atoms with Crippen LogP contribution in [0.15, 0.2) is 78.0 Å². The van der Waals surface area contributed by atoms with Gasteiger partial charge < -0.3 is 20.1 Å². The molecule has 0 aliphatic carbocycles. The van der Waals surface area contributed by atoms with Gasteiger partial charge in [-0.1, -0.05) is 59.3 Å². The highest BCUT2D eigenvalue weighted by molar-refractivity contribution is 6.48. The van der Waals surface area contributed by atoms with Gasteiger partial charge in [0.05, 0.1) is 24.6 Å². The maximum atomic E-state index is 14.0. The van der Waals surface area contributed by atoms with E-state index in [4.69, 9.17) is 37.1 Å². The van der Waals surface area contributed by atoms with Crippen LogP contribution in [0, 0.1) is 22.9 Å². The Morgan fingerprint density at radius 1 is 1.02 bits per heavy atom. The molecule has 216 valence electrons. The molecule has 0 spiro atoms. The fraction of sp³-hybridized carbons (Fsp3) is 0.241.